The number of hydrogen-bond acceptors (Lipinski definition) is 4. The van der Waals surface area contributed by atoms with Gasteiger partial charge in [-0.3, -0.25) is 9.69 Å². The Bertz CT molecular complexity index is 530. The third-order valence-electron chi connectivity index (χ3n) is 3.37. The molecule has 22 heavy (non-hydrogen) atoms. The topological polar surface area (TPSA) is 79.9 Å². The van der Waals surface area contributed by atoms with E-state index >= 15 is 0 Å². The minimum absolute atomic E-state index is 0.132. The summed E-state index contributed by atoms with van der Waals surface area (Å²) in [5, 5.41) is 2.91. The van der Waals surface area contributed by atoms with Gasteiger partial charge in [-0.25, -0.2) is 4.99 Å². The lowest BCUT2D eigenvalue weighted by molar-refractivity contribution is 0.0383. The van der Waals surface area contributed by atoms with Crippen molar-refractivity contribution < 1.29 is 9.53 Å². The van der Waals surface area contributed by atoms with Gasteiger partial charge in [0.05, 0.1) is 30.3 Å². The number of nitrogens with zero attached hydrogens (tertiary/aromatic N) is 2. The maximum atomic E-state index is 12.3. The fraction of sp³-hybridized carbons (Fsp3) is 0.467. The molecule has 1 amide bonds. The molecule has 1 saturated heterocycles. The average Bonchev–Trinajstić information content (AvgIpc) is 2.56. The second kappa shape index (κ2) is 8.73. The number of halogens is 1. The molecule has 1 aromatic rings. The van der Waals surface area contributed by atoms with Crippen LogP contribution in [0.4, 0.5) is 5.69 Å². The fourth-order valence-electron chi connectivity index (χ4n) is 2.20. The van der Waals surface area contributed by atoms with Crippen molar-refractivity contribution in [3.05, 3.63) is 29.8 Å². The maximum absolute atomic E-state index is 12.3. The third kappa shape index (κ3) is 4.98. The maximum Gasteiger partial charge on any atom is 0.253 e. The molecule has 1 heterocycles. The highest BCUT2D eigenvalue weighted by Gasteiger charge is 2.13. The van der Waals surface area contributed by atoms with Gasteiger partial charge in [0, 0.05) is 26.2 Å². The summed E-state index contributed by atoms with van der Waals surface area (Å²) in [7, 11) is 0. The van der Waals surface area contributed by atoms with Gasteiger partial charge in [0.15, 0.2) is 0 Å². The normalized spacial score (nSPS) is 16.5. The van der Waals surface area contributed by atoms with E-state index in [0.717, 1.165) is 32.8 Å². The van der Waals surface area contributed by atoms with Crippen molar-refractivity contribution in [3.8, 4) is 0 Å². The first kappa shape index (κ1) is 16.7. The minimum Gasteiger partial charge on any atom is -0.386 e. The van der Waals surface area contributed by atoms with Crippen LogP contribution in [0.25, 0.3) is 0 Å². The number of benzene rings is 1. The van der Waals surface area contributed by atoms with Gasteiger partial charge in [-0.05, 0) is 12.1 Å². The van der Waals surface area contributed by atoms with Gasteiger partial charge in [-0.2, -0.15) is 0 Å². The molecule has 3 N–H and O–H groups in total. The Hall–Kier alpha value is -1.63. The number of carbonyl (C=O) groups is 1. The Morgan fingerprint density at radius 3 is 2.82 bits per heavy atom. The van der Waals surface area contributed by atoms with E-state index < -0.39 is 0 Å². The number of hydrogen-bond donors (Lipinski definition) is 2. The monoisotopic (exact) mass is 324 g/mol. The summed E-state index contributed by atoms with van der Waals surface area (Å²) in [5.74, 6) is 0.262. The molecule has 0 aromatic heterocycles. The molecule has 1 aliphatic heterocycles. The number of alkyl halides is 1. The first-order valence-corrected chi connectivity index (χ1v) is 7.80. The smallest absolute Gasteiger partial charge is 0.253 e. The van der Waals surface area contributed by atoms with E-state index in [1.165, 1.54) is 0 Å². The van der Waals surface area contributed by atoms with E-state index in [1.807, 2.05) is 6.07 Å². The predicted molar refractivity (Wildman–Crippen MR) is 88.0 cm³/mol. The van der Waals surface area contributed by atoms with E-state index in [9.17, 15) is 4.79 Å². The number of rotatable bonds is 6. The number of amides is 1. The van der Waals surface area contributed by atoms with Gasteiger partial charge in [-0.15, -0.1) is 11.6 Å². The first-order valence-electron chi connectivity index (χ1n) is 7.27. The zero-order valence-corrected chi connectivity index (χ0v) is 13.2. The lowest BCUT2D eigenvalue weighted by Gasteiger charge is -2.26. The number of carbonyl (C=O) groups excluding carboxylic acids is 1. The van der Waals surface area contributed by atoms with Gasteiger partial charge in [0.1, 0.15) is 5.84 Å². The molecule has 0 saturated carbocycles. The summed E-state index contributed by atoms with van der Waals surface area (Å²) in [6.07, 6.45) is 0. The van der Waals surface area contributed by atoms with Crippen LogP contribution < -0.4 is 11.1 Å². The van der Waals surface area contributed by atoms with Gasteiger partial charge in [0.2, 0.25) is 0 Å². The van der Waals surface area contributed by atoms with Crippen molar-refractivity contribution in [3.63, 3.8) is 0 Å². The Balaban J connectivity index is 1.91. The van der Waals surface area contributed by atoms with Crippen molar-refractivity contribution in [2.75, 3.05) is 45.3 Å². The standard InChI is InChI=1S/C15H21ClN4O2/c16-11-14(17)19-13-4-2-1-3-12(13)15(21)18-5-6-20-7-9-22-10-8-20/h1-4H,5-11H2,(H2,17,19)(H,18,21). The molecule has 0 atom stereocenters. The quantitative estimate of drug-likeness (QED) is 0.464. The molecular formula is C15H21ClN4O2. The second-order valence-electron chi connectivity index (χ2n) is 4.96. The summed E-state index contributed by atoms with van der Waals surface area (Å²) in [5.41, 5.74) is 6.67. The SMILES string of the molecule is NC(CCl)=Nc1ccccc1C(=O)NCCN1CCOCC1. The third-order valence-corrected chi connectivity index (χ3v) is 3.64. The summed E-state index contributed by atoms with van der Waals surface area (Å²) in [4.78, 5) is 18.7. The summed E-state index contributed by atoms with van der Waals surface area (Å²) < 4.78 is 5.29. The van der Waals surface area contributed by atoms with Crippen LogP contribution in [0.15, 0.2) is 29.3 Å². The van der Waals surface area contributed by atoms with Crippen molar-refractivity contribution in [1.29, 1.82) is 0 Å². The van der Waals surface area contributed by atoms with Gasteiger partial charge in [-0.1, -0.05) is 12.1 Å². The molecule has 1 aromatic carbocycles. The first-order chi connectivity index (χ1) is 10.7. The lowest BCUT2D eigenvalue weighted by atomic mass is 10.1. The summed E-state index contributed by atoms with van der Waals surface area (Å²) in [6.45, 7) is 4.71. The number of aliphatic imine (C=N–C) groups is 1. The van der Waals surface area contributed by atoms with Crippen LogP contribution in [0.5, 0.6) is 0 Å². The Morgan fingerprint density at radius 2 is 2.09 bits per heavy atom. The molecule has 120 valence electrons. The Morgan fingerprint density at radius 1 is 1.36 bits per heavy atom. The fourth-order valence-corrected chi connectivity index (χ4v) is 2.26. The number of ether oxygens (including phenoxy) is 1. The summed E-state index contributed by atoms with van der Waals surface area (Å²) in [6, 6.07) is 7.08. The van der Waals surface area contributed by atoms with Crippen LogP contribution in [0.1, 0.15) is 10.4 Å². The van der Waals surface area contributed by atoms with Crippen LogP contribution in [0.2, 0.25) is 0 Å². The lowest BCUT2D eigenvalue weighted by Crippen LogP contribution is -2.41. The van der Waals surface area contributed by atoms with E-state index in [1.54, 1.807) is 18.2 Å². The minimum atomic E-state index is -0.157. The average molecular weight is 325 g/mol. The van der Waals surface area contributed by atoms with Crippen molar-refractivity contribution in [2.24, 2.45) is 10.7 Å². The van der Waals surface area contributed by atoms with Crippen molar-refractivity contribution >= 4 is 29.0 Å². The highest BCUT2D eigenvalue weighted by Crippen LogP contribution is 2.18. The largest absolute Gasteiger partial charge is 0.386 e. The Labute approximate surface area is 135 Å². The molecule has 7 heteroatoms. The molecule has 0 bridgehead atoms. The molecule has 6 nitrogen and oxygen atoms in total. The molecule has 0 spiro atoms. The number of amidine groups is 1. The molecule has 0 aliphatic carbocycles. The molecule has 1 fully saturated rings. The van der Waals surface area contributed by atoms with E-state index in [4.69, 9.17) is 22.1 Å². The van der Waals surface area contributed by atoms with Crippen LogP contribution in [0, 0.1) is 0 Å². The highest BCUT2D eigenvalue weighted by molar-refractivity contribution is 6.28. The molecule has 0 radical (unpaired) electrons. The zero-order chi connectivity index (χ0) is 15.8. The summed E-state index contributed by atoms with van der Waals surface area (Å²) >= 11 is 5.63. The van der Waals surface area contributed by atoms with Gasteiger partial charge in [0.25, 0.3) is 5.91 Å². The van der Waals surface area contributed by atoms with Crippen LogP contribution >= 0.6 is 11.6 Å². The van der Waals surface area contributed by atoms with Gasteiger partial charge >= 0.3 is 0 Å². The van der Waals surface area contributed by atoms with Gasteiger partial charge < -0.3 is 15.8 Å². The number of nitrogens with two attached hydrogens (primary N) is 1. The number of para-hydroxylation sites is 1. The second-order valence-corrected chi connectivity index (χ2v) is 5.23. The zero-order valence-electron chi connectivity index (χ0n) is 12.4. The number of nitrogens with one attached hydrogen (secondary N) is 1. The molecule has 0 unspecified atom stereocenters. The van der Waals surface area contributed by atoms with E-state index in [-0.39, 0.29) is 17.6 Å². The molecule has 1 aliphatic rings. The van der Waals surface area contributed by atoms with E-state index in [0.29, 0.717) is 17.8 Å². The molecule has 2 rings (SSSR count). The predicted octanol–water partition coefficient (Wildman–Crippen LogP) is 0.976. The van der Waals surface area contributed by atoms with Crippen molar-refractivity contribution in [1.82, 2.24) is 10.2 Å². The Kier molecular flexibility index (Phi) is 6.64. The van der Waals surface area contributed by atoms with Crippen LogP contribution in [0.3, 0.4) is 0 Å². The van der Waals surface area contributed by atoms with E-state index in [2.05, 4.69) is 15.2 Å². The van der Waals surface area contributed by atoms with Crippen molar-refractivity contribution in [2.45, 2.75) is 0 Å². The van der Waals surface area contributed by atoms with Crippen LogP contribution in [-0.2, 0) is 4.74 Å². The number of morpholine rings is 1. The molecular weight excluding hydrogens is 304 g/mol. The van der Waals surface area contributed by atoms with Crippen LogP contribution in [-0.4, -0.2) is 61.9 Å². The highest BCUT2D eigenvalue weighted by atomic mass is 35.5.